The average molecular weight is 591 g/mol. The van der Waals surface area contributed by atoms with Gasteiger partial charge < -0.3 is 19.9 Å². The number of benzene rings is 3. The standard InChI is InChI=1S/C32H38N4O5S/c37-31(36-22-17-25(18-23-36)16-21-35-19-6-7-20-35)24-33-32(38)26-12-14-28(15-13-26)42(39,40)34-29-10-4-5-11-30(29)41-27-8-2-1-3-9-27/h1-5,8-15,25,34H,6-7,16-24H2,(H,33,38). The Morgan fingerprint density at radius 2 is 1.50 bits per heavy atom. The summed E-state index contributed by atoms with van der Waals surface area (Å²) in [6, 6.07) is 21.5. The van der Waals surface area contributed by atoms with E-state index in [-0.39, 0.29) is 28.6 Å². The minimum absolute atomic E-state index is 0.00255. The summed E-state index contributed by atoms with van der Waals surface area (Å²) in [5, 5.41) is 2.68. The summed E-state index contributed by atoms with van der Waals surface area (Å²) >= 11 is 0. The number of hydrogen-bond acceptors (Lipinski definition) is 6. The molecule has 0 unspecified atom stereocenters. The van der Waals surface area contributed by atoms with Crippen molar-refractivity contribution in [1.82, 2.24) is 15.1 Å². The molecule has 0 radical (unpaired) electrons. The van der Waals surface area contributed by atoms with Crippen molar-refractivity contribution in [3.05, 3.63) is 84.4 Å². The van der Waals surface area contributed by atoms with E-state index < -0.39 is 15.9 Å². The van der Waals surface area contributed by atoms with Crippen LogP contribution in [0.15, 0.2) is 83.8 Å². The first kappa shape index (κ1) is 29.6. The van der Waals surface area contributed by atoms with E-state index in [0.29, 0.717) is 17.4 Å². The van der Waals surface area contributed by atoms with Crippen LogP contribution in [0, 0.1) is 5.92 Å². The van der Waals surface area contributed by atoms with Gasteiger partial charge in [-0.3, -0.25) is 14.3 Å². The van der Waals surface area contributed by atoms with Crippen molar-refractivity contribution < 1.29 is 22.7 Å². The molecule has 2 saturated heterocycles. The third-order valence-electron chi connectivity index (χ3n) is 7.95. The highest BCUT2D eigenvalue weighted by Gasteiger charge is 2.24. The predicted molar refractivity (Wildman–Crippen MR) is 162 cm³/mol. The van der Waals surface area contributed by atoms with Crippen LogP contribution in [0.25, 0.3) is 0 Å². The van der Waals surface area contributed by atoms with Crippen molar-refractivity contribution in [3.8, 4) is 11.5 Å². The molecular weight excluding hydrogens is 552 g/mol. The zero-order chi connectivity index (χ0) is 29.4. The van der Waals surface area contributed by atoms with Crippen LogP contribution in [-0.4, -0.2) is 69.3 Å². The lowest BCUT2D eigenvalue weighted by atomic mass is 9.93. The number of nitrogens with one attached hydrogen (secondary N) is 2. The second kappa shape index (κ2) is 13.8. The maximum atomic E-state index is 13.1. The van der Waals surface area contributed by atoms with Gasteiger partial charge in [0.2, 0.25) is 5.91 Å². The lowest BCUT2D eigenvalue weighted by Crippen LogP contribution is -2.44. The molecule has 3 aromatic carbocycles. The molecule has 222 valence electrons. The van der Waals surface area contributed by atoms with Crippen molar-refractivity contribution in [1.29, 1.82) is 0 Å². The van der Waals surface area contributed by atoms with E-state index >= 15 is 0 Å². The summed E-state index contributed by atoms with van der Waals surface area (Å²) in [5.41, 5.74) is 0.562. The molecule has 5 rings (SSSR count). The topological polar surface area (TPSA) is 108 Å². The first-order chi connectivity index (χ1) is 20.4. The minimum Gasteiger partial charge on any atom is -0.455 e. The maximum Gasteiger partial charge on any atom is 0.262 e. The SMILES string of the molecule is O=C(NCC(=O)N1CCC(CCN2CCCC2)CC1)c1ccc(S(=O)(=O)Nc2ccccc2Oc2ccccc2)cc1. The molecule has 42 heavy (non-hydrogen) atoms. The number of nitrogens with zero attached hydrogens (tertiary/aromatic N) is 2. The van der Waals surface area contributed by atoms with Crippen molar-refractivity contribution in [2.24, 2.45) is 5.92 Å². The van der Waals surface area contributed by atoms with Crippen LogP contribution in [0.3, 0.4) is 0 Å². The fraction of sp³-hybridized carbons (Fsp3) is 0.375. The van der Waals surface area contributed by atoms with Gasteiger partial charge in [0.1, 0.15) is 5.75 Å². The normalized spacial score (nSPS) is 16.2. The van der Waals surface area contributed by atoms with Crippen molar-refractivity contribution in [2.45, 2.75) is 37.0 Å². The molecule has 0 atom stereocenters. The van der Waals surface area contributed by atoms with Crippen molar-refractivity contribution in [3.63, 3.8) is 0 Å². The molecule has 2 aliphatic heterocycles. The van der Waals surface area contributed by atoms with Crippen LogP contribution in [0.2, 0.25) is 0 Å². The fourth-order valence-electron chi connectivity index (χ4n) is 5.46. The Hall–Kier alpha value is -3.89. The third-order valence-corrected chi connectivity index (χ3v) is 9.33. The van der Waals surface area contributed by atoms with Gasteiger partial charge in [-0.25, -0.2) is 8.42 Å². The number of carbonyl (C=O) groups excluding carboxylic acids is 2. The molecule has 0 aromatic heterocycles. The van der Waals surface area contributed by atoms with E-state index in [0.717, 1.165) is 32.5 Å². The second-order valence-corrected chi connectivity index (χ2v) is 12.6. The number of piperidine rings is 1. The Labute approximate surface area is 247 Å². The average Bonchev–Trinajstić information content (AvgIpc) is 3.54. The lowest BCUT2D eigenvalue weighted by molar-refractivity contribution is -0.131. The van der Waals surface area contributed by atoms with E-state index in [9.17, 15) is 18.0 Å². The first-order valence-corrected chi connectivity index (χ1v) is 16.1. The number of rotatable bonds is 11. The molecule has 0 bridgehead atoms. The molecule has 3 aromatic rings. The fourth-order valence-corrected chi connectivity index (χ4v) is 6.53. The van der Waals surface area contributed by atoms with Crippen molar-refractivity contribution >= 4 is 27.5 Å². The molecule has 2 N–H and O–H groups in total. The zero-order valence-electron chi connectivity index (χ0n) is 23.7. The van der Waals surface area contributed by atoms with Gasteiger partial charge in [0.25, 0.3) is 15.9 Å². The highest BCUT2D eigenvalue weighted by molar-refractivity contribution is 7.92. The summed E-state index contributed by atoms with van der Waals surface area (Å²) in [7, 11) is -3.95. The van der Waals surface area contributed by atoms with Gasteiger partial charge >= 0.3 is 0 Å². The van der Waals surface area contributed by atoms with E-state index in [2.05, 4.69) is 14.9 Å². The molecule has 2 amide bonds. The van der Waals surface area contributed by atoms with E-state index in [1.165, 1.54) is 56.6 Å². The van der Waals surface area contributed by atoms with Gasteiger partial charge in [0, 0.05) is 18.7 Å². The number of likely N-dealkylation sites (tertiary alicyclic amines) is 2. The van der Waals surface area contributed by atoms with Crippen LogP contribution in [0.5, 0.6) is 11.5 Å². The molecule has 0 spiro atoms. The Kier molecular flexibility index (Phi) is 9.76. The highest BCUT2D eigenvalue weighted by Crippen LogP contribution is 2.31. The van der Waals surface area contributed by atoms with Crippen LogP contribution in [-0.2, 0) is 14.8 Å². The van der Waals surface area contributed by atoms with Crippen LogP contribution < -0.4 is 14.8 Å². The van der Waals surface area contributed by atoms with Crippen molar-refractivity contribution in [2.75, 3.05) is 44.0 Å². The first-order valence-electron chi connectivity index (χ1n) is 14.6. The Bertz CT molecular complexity index is 1450. The summed E-state index contributed by atoms with van der Waals surface area (Å²) in [6.45, 7) is 4.94. The number of carbonyl (C=O) groups is 2. The van der Waals surface area contributed by atoms with E-state index in [4.69, 9.17) is 4.74 Å². The second-order valence-electron chi connectivity index (χ2n) is 10.9. The van der Waals surface area contributed by atoms with Gasteiger partial charge in [-0.2, -0.15) is 0 Å². The number of hydrogen-bond donors (Lipinski definition) is 2. The molecule has 9 nitrogen and oxygen atoms in total. The summed E-state index contributed by atoms with van der Waals surface area (Å²) in [4.78, 5) is 29.8. The van der Waals surface area contributed by atoms with E-state index in [1.54, 1.807) is 36.4 Å². The molecule has 2 aliphatic rings. The third kappa shape index (κ3) is 7.89. The summed E-state index contributed by atoms with van der Waals surface area (Å²) < 4.78 is 34.6. The highest BCUT2D eigenvalue weighted by atomic mass is 32.2. The van der Waals surface area contributed by atoms with Gasteiger partial charge in [0.15, 0.2) is 5.75 Å². The number of amides is 2. The van der Waals surface area contributed by atoms with Gasteiger partial charge in [-0.1, -0.05) is 30.3 Å². The van der Waals surface area contributed by atoms with Crippen LogP contribution in [0.1, 0.15) is 42.5 Å². The monoisotopic (exact) mass is 590 g/mol. The largest absolute Gasteiger partial charge is 0.455 e. The number of ether oxygens (including phenoxy) is 1. The smallest absolute Gasteiger partial charge is 0.262 e. The lowest BCUT2D eigenvalue weighted by Gasteiger charge is -2.32. The molecular formula is C32H38N4O5S. The molecule has 2 fully saturated rings. The quantitative estimate of drug-likeness (QED) is 0.334. The summed E-state index contributed by atoms with van der Waals surface area (Å²) in [5.74, 6) is 1.07. The Balaban J connectivity index is 1.10. The van der Waals surface area contributed by atoms with E-state index in [1.807, 2.05) is 23.1 Å². The predicted octanol–water partition coefficient (Wildman–Crippen LogP) is 4.73. The zero-order valence-corrected chi connectivity index (χ0v) is 24.5. The van der Waals surface area contributed by atoms with Crippen LogP contribution in [0.4, 0.5) is 5.69 Å². The van der Waals surface area contributed by atoms with Gasteiger partial charge in [-0.05, 0) is 106 Å². The number of anilines is 1. The number of sulfonamides is 1. The van der Waals surface area contributed by atoms with Gasteiger partial charge in [-0.15, -0.1) is 0 Å². The maximum absolute atomic E-state index is 13.1. The number of para-hydroxylation sites is 3. The minimum atomic E-state index is -3.95. The molecule has 2 heterocycles. The molecule has 0 aliphatic carbocycles. The van der Waals surface area contributed by atoms with Gasteiger partial charge in [0.05, 0.1) is 17.1 Å². The molecule has 0 saturated carbocycles. The Morgan fingerprint density at radius 3 is 2.21 bits per heavy atom. The Morgan fingerprint density at radius 1 is 0.833 bits per heavy atom. The molecule has 10 heteroatoms. The van der Waals surface area contributed by atoms with Crippen LogP contribution >= 0.6 is 0 Å². The summed E-state index contributed by atoms with van der Waals surface area (Å²) in [6.07, 6.45) is 5.80.